The molecule has 0 spiro atoms. The van der Waals surface area contributed by atoms with Gasteiger partial charge >= 0.3 is 11.8 Å². The van der Waals surface area contributed by atoms with Crippen molar-refractivity contribution < 1.29 is 24.1 Å². The number of carbonyl (C=O) groups is 2. The molecule has 3 rings (SSSR count). The van der Waals surface area contributed by atoms with Crippen molar-refractivity contribution in [3.05, 3.63) is 59.7 Å². The molecule has 2 amide bonds. The number of piperazine rings is 1. The molecule has 1 saturated heterocycles. The maximum atomic E-state index is 12.4. The molecule has 2 aromatic rings. The van der Waals surface area contributed by atoms with Crippen molar-refractivity contribution in [3.63, 3.8) is 0 Å². The summed E-state index contributed by atoms with van der Waals surface area (Å²) in [6.45, 7) is 6.77. The van der Waals surface area contributed by atoms with E-state index in [-0.39, 0.29) is 6.04 Å². The Balaban J connectivity index is 1.62. The van der Waals surface area contributed by atoms with Crippen LogP contribution in [0.2, 0.25) is 0 Å². The van der Waals surface area contributed by atoms with Gasteiger partial charge in [-0.15, -0.1) is 0 Å². The number of nitrogens with one attached hydrogen (secondary N) is 4. The molecule has 0 unspecified atom stereocenters. The van der Waals surface area contributed by atoms with E-state index in [9.17, 15) is 9.59 Å². The van der Waals surface area contributed by atoms with E-state index in [4.69, 9.17) is 4.74 Å². The van der Waals surface area contributed by atoms with E-state index >= 15 is 0 Å². The van der Waals surface area contributed by atoms with Crippen LogP contribution < -0.4 is 25.2 Å². The van der Waals surface area contributed by atoms with Gasteiger partial charge in [-0.2, -0.15) is 0 Å². The topological polar surface area (TPSA) is 76.3 Å². The second kappa shape index (κ2) is 10.2. The molecular weight excluding hydrogens is 380 g/mol. The lowest BCUT2D eigenvalue weighted by atomic mass is 10.0. The van der Waals surface area contributed by atoms with E-state index in [0.29, 0.717) is 18.0 Å². The summed E-state index contributed by atoms with van der Waals surface area (Å²) >= 11 is 0. The summed E-state index contributed by atoms with van der Waals surface area (Å²) in [4.78, 5) is 27.7. The lowest BCUT2D eigenvalue weighted by Crippen LogP contribution is -3.27. The first-order valence-electron chi connectivity index (χ1n) is 10.4. The van der Waals surface area contributed by atoms with Crippen LogP contribution in [0.1, 0.15) is 17.2 Å². The van der Waals surface area contributed by atoms with E-state index in [2.05, 4.69) is 48.9 Å². The van der Waals surface area contributed by atoms with Crippen LogP contribution in [0.4, 0.5) is 5.69 Å². The average Bonchev–Trinajstić information content (AvgIpc) is 2.76. The standard InChI is InChI=1S/C23H30N4O3/c1-17-4-6-18(7-5-17)21(27-14-12-26(2)13-15-27)16-24-22(28)23(29)25-19-8-10-20(30-3)11-9-19/h4-11,21H,12-16H2,1-3H3,(H,24,28)(H,25,29)/p+2/t21-/m0/s1. The molecule has 4 N–H and O–H groups in total. The minimum Gasteiger partial charge on any atom is -0.497 e. The maximum Gasteiger partial charge on any atom is 0.313 e. The lowest BCUT2D eigenvalue weighted by molar-refractivity contribution is -1.02. The van der Waals surface area contributed by atoms with Crippen molar-refractivity contribution in [1.82, 2.24) is 5.32 Å². The van der Waals surface area contributed by atoms with Crippen molar-refractivity contribution in [3.8, 4) is 5.75 Å². The molecule has 1 atom stereocenters. The Labute approximate surface area is 178 Å². The number of hydrogen-bond donors (Lipinski definition) is 4. The number of quaternary nitrogens is 2. The van der Waals surface area contributed by atoms with E-state index < -0.39 is 11.8 Å². The van der Waals surface area contributed by atoms with E-state index in [1.54, 1.807) is 31.4 Å². The van der Waals surface area contributed by atoms with Crippen molar-refractivity contribution in [2.75, 3.05) is 52.2 Å². The Morgan fingerprint density at radius 3 is 2.20 bits per heavy atom. The van der Waals surface area contributed by atoms with Gasteiger partial charge in [0.1, 0.15) is 38.0 Å². The molecule has 0 radical (unpaired) electrons. The highest BCUT2D eigenvalue weighted by Gasteiger charge is 2.30. The molecule has 7 nitrogen and oxygen atoms in total. The zero-order valence-electron chi connectivity index (χ0n) is 18.0. The molecule has 0 aliphatic carbocycles. The van der Waals surface area contributed by atoms with Crippen molar-refractivity contribution in [2.45, 2.75) is 13.0 Å². The third-order valence-electron chi connectivity index (χ3n) is 5.74. The first kappa shape index (κ1) is 21.8. The highest BCUT2D eigenvalue weighted by molar-refractivity contribution is 6.39. The molecule has 160 valence electrons. The van der Waals surface area contributed by atoms with Gasteiger partial charge in [-0.1, -0.05) is 29.8 Å². The van der Waals surface area contributed by atoms with Gasteiger partial charge in [0.25, 0.3) is 0 Å². The number of benzene rings is 2. The summed E-state index contributed by atoms with van der Waals surface area (Å²) in [7, 11) is 3.79. The van der Waals surface area contributed by atoms with Crippen molar-refractivity contribution in [1.29, 1.82) is 0 Å². The Morgan fingerprint density at radius 1 is 0.967 bits per heavy atom. The van der Waals surface area contributed by atoms with E-state index in [1.807, 2.05) is 0 Å². The number of hydrogen-bond acceptors (Lipinski definition) is 3. The van der Waals surface area contributed by atoms with Gasteiger partial charge in [0.15, 0.2) is 0 Å². The summed E-state index contributed by atoms with van der Waals surface area (Å²) < 4.78 is 5.10. The second-order valence-electron chi connectivity index (χ2n) is 7.97. The third-order valence-corrected chi connectivity index (χ3v) is 5.74. The normalized spacial score (nSPS) is 19.6. The molecule has 0 aromatic heterocycles. The molecule has 1 fully saturated rings. The molecule has 2 aromatic carbocycles. The Kier molecular flexibility index (Phi) is 7.43. The van der Waals surface area contributed by atoms with Gasteiger partial charge in [0.2, 0.25) is 0 Å². The SMILES string of the molecule is COc1ccc(NC(=O)C(=O)NC[C@@H](c2ccc(C)cc2)[NH+]2CC[NH+](C)CC2)cc1. The van der Waals surface area contributed by atoms with Crippen LogP contribution in [0.25, 0.3) is 0 Å². The molecule has 1 aliphatic rings. The number of anilines is 1. The first-order valence-corrected chi connectivity index (χ1v) is 10.4. The quantitative estimate of drug-likeness (QED) is 0.470. The fourth-order valence-corrected chi connectivity index (χ4v) is 3.78. The average molecular weight is 413 g/mol. The summed E-state index contributed by atoms with van der Waals surface area (Å²) in [6, 6.07) is 15.5. The number of methoxy groups -OCH3 is 1. The van der Waals surface area contributed by atoms with Gasteiger partial charge in [-0.3, -0.25) is 9.59 Å². The largest absolute Gasteiger partial charge is 0.497 e. The van der Waals surface area contributed by atoms with Crippen LogP contribution in [0.3, 0.4) is 0 Å². The summed E-state index contributed by atoms with van der Waals surface area (Å²) in [5.74, 6) is -0.599. The number of amides is 2. The van der Waals surface area contributed by atoms with Crippen LogP contribution in [0.15, 0.2) is 48.5 Å². The number of likely N-dealkylation sites (N-methyl/N-ethyl adjacent to an activating group) is 1. The smallest absolute Gasteiger partial charge is 0.313 e. The Morgan fingerprint density at radius 2 is 1.60 bits per heavy atom. The van der Waals surface area contributed by atoms with Gasteiger partial charge in [-0.25, -0.2) is 0 Å². The fraction of sp³-hybridized carbons (Fsp3) is 0.391. The predicted molar refractivity (Wildman–Crippen MR) is 116 cm³/mol. The number of carbonyl (C=O) groups excluding carboxylic acids is 2. The predicted octanol–water partition coefficient (Wildman–Crippen LogP) is -0.787. The van der Waals surface area contributed by atoms with Gasteiger partial charge in [0, 0.05) is 11.3 Å². The number of aryl methyl sites for hydroxylation is 1. The molecule has 0 bridgehead atoms. The number of ether oxygens (including phenoxy) is 1. The monoisotopic (exact) mass is 412 g/mol. The van der Waals surface area contributed by atoms with Gasteiger partial charge in [-0.05, 0) is 31.2 Å². The van der Waals surface area contributed by atoms with Gasteiger partial charge < -0.3 is 25.2 Å². The molecule has 7 heteroatoms. The lowest BCUT2D eigenvalue weighted by Gasteiger charge is -2.33. The highest BCUT2D eigenvalue weighted by atomic mass is 16.5. The third kappa shape index (κ3) is 5.81. The molecule has 30 heavy (non-hydrogen) atoms. The second-order valence-corrected chi connectivity index (χ2v) is 7.97. The first-order chi connectivity index (χ1) is 14.5. The highest BCUT2D eigenvalue weighted by Crippen LogP contribution is 2.15. The Hall–Kier alpha value is -2.90. The number of rotatable bonds is 6. The summed E-state index contributed by atoms with van der Waals surface area (Å²) in [6.07, 6.45) is 0. The minimum atomic E-state index is -0.666. The van der Waals surface area contributed by atoms with Crippen LogP contribution in [-0.4, -0.2) is 58.7 Å². The minimum absolute atomic E-state index is 0.122. The van der Waals surface area contributed by atoms with Crippen LogP contribution in [0, 0.1) is 6.92 Å². The summed E-state index contributed by atoms with van der Waals surface area (Å²) in [5, 5.41) is 5.48. The Bertz CT molecular complexity index is 844. The molecule has 1 aliphatic heterocycles. The summed E-state index contributed by atoms with van der Waals surface area (Å²) in [5.41, 5.74) is 2.95. The molecular formula is C23H32N4O3+2. The van der Waals surface area contributed by atoms with E-state index in [1.165, 1.54) is 20.9 Å². The molecule has 0 saturated carbocycles. The van der Waals surface area contributed by atoms with Crippen molar-refractivity contribution >= 4 is 17.5 Å². The van der Waals surface area contributed by atoms with Crippen LogP contribution >= 0.6 is 0 Å². The molecule has 1 heterocycles. The van der Waals surface area contributed by atoms with Crippen LogP contribution in [0.5, 0.6) is 5.75 Å². The zero-order valence-corrected chi connectivity index (χ0v) is 18.0. The van der Waals surface area contributed by atoms with E-state index in [0.717, 1.165) is 26.2 Å². The zero-order chi connectivity index (χ0) is 21.5. The maximum absolute atomic E-state index is 12.4. The van der Waals surface area contributed by atoms with Crippen LogP contribution in [-0.2, 0) is 9.59 Å². The van der Waals surface area contributed by atoms with Crippen molar-refractivity contribution in [2.24, 2.45) is 0 Å². The van der Waals surface area contributed by atoms with Gasteiger partial charge in [0.05, 0.1) is 20.7 Å². The fourth-order valence-electron chi connectivity index (χ4n) is 3.78.